The second-order valence-electron chi connectivity index (χ2n) is 5.41. The van der Waals surface area contributed by atoms with Gasteiger partial charge in [-0.25, -0.2) is 8.42 Å². The number of carbonyl (C=O) groups excluding carboxylic acids is 1. The van der Waals surface area contributed by atoms with Gasteiger partial charge in [-0.15, -0.1) is 25.6 Å². The van der Waals surface area contributed by atoms with E-state index in [1.54, 1.807) is 0 Å². The van der Waals surface area contributed by atoms with Crippen LogP contribution in [0.15, 0.2) is 24.3 Å². The second kappa shape index (κ2) is 9.25. The van der Waals surface area contributed by atoms with Crippen LogP contribution in [0.25, 0.3) is 0 Å². The molecule has 1 amide bonds. The van der Waals surface area contributed by atoms with Crippen molar-refractivity contribution in [2.24, 2.45) is 5.73 Å². The summed E-state index contributed by atoms with van der Waals surface area (Å²) < 4.78 is 62.6. The van der Waals surface area contributed by atoms with Crippen molar-refractivity contribution in [1.82, 2.24) is 4.90 Å². The van der Waals surface area contributed by atoms with E-state index in [1.807, 2.05) is 0 Å². The van der Waals surface area contributed by atoms with Crippen molar-refractivity contribution in [2.75, 3.05) is 19.1 Å². The van der Waals surface area contributed by atoms with Crippen LogP contribution in [-0.2, 0) is 21.2 Å². The molecule has 0 aliphatic carbocycles. The maximum Gasteiger partial charge on any atom is 0.573 e. The van der Waals surface area contributed by atoms with E-state index in [9.17, 15) is 26.4 Å². The van der Waals surface area contributed by atoms with E-state index in [0.29, 0.717) is 5.56 Å². The predicted octanol–water partition coefficient (Wildman–Crippen LogP) is 1.73. The van der Waals surface area contributed by atoms with E-state index < -0.39 is 28.1 Å². The molecule has 25 heavy (non-hydrogen) atoms. The highest BCUT2D eigenvalue weighted by Gasteiger charge is 2.31. The van der Waals surface area contributed by atoms with Crippen LogP contribution < -0.4 is 10.5 Å². The Morgan fingerprint density at radius 3 is 2.48 bits per heavy atom. The zero-order valence-electron chi connectivity index (χ0n) is 13.6. The number of hydrogen-bond donors (Lipinski definition) is 1. The molecule has 1 aromatic carbocycles. The van der Waals surface area contributed by atoms with Crippen LogP contribution in [0, 0.1) is 0 Å². The Balaban J connectivity index is 0.00000576. The van der Waals surface area contributed by atoms with Gasteiger partial charge >= 0.3 is 6.36 Å². The average molecular weight is 405 g/mol. The average Bonchev–Trinajstić information content (AvgIpc) is 2.41. The first-order valence-corrected chi connectivity index (χ1v) is 8.96. The first kappa shape index (κ1) is 23.5. The van der Waals surface area contributed by atoms with E-state index >= 15 is 0 Å². The van der Waals surface area contributed by atoms with Crippen molar-refractivity contribution in [3.05, 3.63) is 29.8 Å². The first-order chi connectivity index (χ1) is 10.9. The van der Waals surface area contributed by atoms with Gasteiger partial charge in [0, 0.05) is 19.8 Å². The SMILES string of the molecule is CN(Cc1cccc(OC(F)(F)F)c1)C(=O)C(N)CCS(C)(=O)=O.Cl. The Labute approximate surface area is 150 Å². The van der Waals surface area contributed by atoms with E-state index in [2.05, 4.69) is 4.74 Å². The number of carbonyl (C=O) groups is 1. The molecule has 0 aliphatic rings. The minimum absolute atomic E-state index is 0. The Kier molecular flexibility index (Phi) is 8.69. The van der Waals surface area contributed by atoms with Crippen LogP contribution in [-0.4, -0.2) is 50.7 Å². The second-order valence-corrected chi connectivity index (χ2v) is 7.67. The first-order valence-electron chi connectivity index (χ1n) is 6.90. The lowest BCUT2D eigenvalue weighted by Crippen LogP contribution is -2.42. The lowest BCUT2D eigenvalue weighted by Gasteiger charge is -2.21. The molecular formula is C14H20ClF3N2O4S. The number of amides is 1. The van der Waals surface area contributed by atoms with Crippen molar-refractivity contribution < 1.29 is 31.1 Å². The zero-order chi connectivity index (χ0) is 18.5. The summed E-state index contributed by atoms with van der Waals surface area (Å²) in [5.74, 6) is -1.11. The molecule has 11 heteroatoms. The number of nitrogens with zero attached hydrogens (tertiary/aromatic N) is 1. The van der Waals surface area contributed by atoms with Gasteiger partial charge in [-0.05, 0) is 24.1 Å². The molecule has 0 heterocycles. The van der Waals surface area contributed by atoms with Gasteiger partial charge in [-0.3, -0.25) is 4.79 Å². The van der Waals surface area contributed by atoms with Gasteiger partial charge in [0.2, 0.25) is 5.91 Å². The van der Waals surface area contributed by atoms with Crippen LogP contribution in [0.3, 0.4) is 0 Å². The van der Waals surface area contributed by atoms with Gasteiger partial charge in [0.05, 0.1) is 11.8 Å². The topological polar surface area (TPSA) is 89.7 Å². The van der Waals surface area contributed by atoms with Crippen molar-refractivity contribution in [3.8, 4) is 5.75 Å². The quantitative estimate of drug-likeness (QED) is 0.747. The molecule has 0 saturated heterocycles. The third-order valence-corrected chi connectivity index (χ3v) is 4.02. The number of nitrogens with two attached hydrogens (primary N) is 1. The minimum atomic E-state index is -4.80. The maximum atomic E-state index is 12.2. The van der Waals surface area contributed by atoms with Crippen molar-refractivity contribution in [3.63, 3.8) is 0 Å². The molecule has 144 valence electrons. The Morgan fingerprint density at radius 2 is 1.96 bits per heavy atom. The standard InChI is InChI=1S/C14H19F3N2O4S.ClH/c1-19(13(20)12(18)6-7-24(2,21)22)9-10-4-3-5-11(8-10)23-14(15,16)17;/h3-5,8,12H,6-7,9,18H2,1-2H3;1H. The highest BCUT2D eigenvalue weighted by Crippen LogP contribution is 2.23. The number of rotatable bonds is 7. The summed E-state index contributed by atoms with van der Waals surface area (Å²) >= 11 is 0. The monoisotopic (exact) mass is 404 g/mol. The molecule has 2 N–H and O–H groups in total. The Hall–Kier alpha value is -1.52. The summed E-state index contributed by atoms with van der Waals surface area (Å²) in [6.07, 6.45) is -3.78. The van der Waals surface area contributed by atoms with Gasteiger partial charge in [-0.1, -0.05) is 12.1 Å². The van der Waals surface area contributed by atoms with Crippen molar-refractivity contribution in [1.29, 1.82) is 0 Å². The van der Waals surface area contributed by atoms with Crippen LogP contribution in [0.5, 0.6) is 5.75 Å². The largest absolute Gasteiger partial charge is 0.573 e. The highest BCUT2D eigenvalue weighted by molar-refractivity contribution is 7.90. The van der Waals surface area contributed by atoms with Gasteiger partial charge < -0.3 is 15.4 Å². The van der Waals surface area contributed by atoms with Gasteiger partial charge in [0.1, 0.15) is 15.6 Å². The molecule has 6 nitrogen and oxygen atoms in total. The molecular weight excluding hydrogens is 385 g/mol. The Morgan fingerprint density at radius 1 is 1.36 bits per heavy atom. The molecule has 1 atom stereocenters. The predicted molar refractivity (Wildman–Crippen MR) is 89.2 cm³/mol. The summed E-state index contributed by atoms with van der Waals surface area (Å²) in [5, 5.41) is 0. The smallest absolute Gasteiger partial charge is 0.406 e. The summed E-state index contributed by atoms with van der Waals surface area (Å²) in [7, 11) is -1.80. The maximum absolute atomic E-state index is 12.2. The van der Waals surface area contributed by atoms with E-state index in [1.165, 1.54) is 30.1 Å². The van der Waals surface area contributed by atoms with E-state index in [0.717, 1.165) is 12.3 Å². The molecule has 1 rings (SSSR count). The molecule has 1 aromatic rings. The van der Waals surface area contributed by atoms with Gasteiger partial charge in [-0.2, -0.15) is 0 Å². The molecule has 0 radical (unpaired) electrons. The number of alkyl halides is 3. The molecule has 0 bridgehead atoms. The summed E-state index contributed by atoms with van der Waals surface area (Å²) in [5.41, 5.74) is 6.08. The number of halogens is 4. The summed E-state index contributed by atoms with van der Waals surface area (Å²) in [6, 6.07) is 4.22. The molecule has 0 spiro atoms. The fourth-order valence-corrected chi connectivity index (χ4v) is 2.62. The van der Waals surface area contributed by atoms with Gasteiger partial charge in [0.25, 0.3) is 0 Å². The number of benzene rings is 1. The van der Waals surface area contributed by atoms with Crippen LogP contribution in [0.4, 0.5) is 13.2 Å². The number of sulfone groups is 1. The molecule has 0 saturated carbocycles. The fraction of sp³-hybridized carbons (Fsp3) is 0.500. The normalized spacial score (nSPS) is 12.9. The third-order valence-electron chi connectivity index (χ3n) is 3.04. The molecule has 0 fully saturated rings. The Bertz CT molecular complexity index is 683. The van der Waals surface area contributed by atoms with Crippen molar-refractivity contribution in [2.45, 2.75) is 25.4 Å². The molecule has 0 aromatic heterocycles. The van der Waals surface area contributed by atoms with E-state index in [-0.39, 0.29) is 36.9 Å². The lowest BCUT2D eigenvalue weighted by atomic mass is 10.1. The zero-order valence-corrected chi connectivity index (χ0v) is 15.2. The van der Waals surface area contributed by atoms with E-state index in [4.69, 9.17) is 5.73 Å². The lowest BCUT2D eigenvalue weighted by molar-refractivity contribution is -0.274. The minimum Gasteiger partial charge on any atom is -0.406 e. The number of ether oxygens (including phenoxy) is 1. The van der Waals surface area contributed by atoms with Crippen LogP contribution >= 0.6 is 12.4 Å². The summed E-state index contributed by atoms with van der Waals surface area (Å²) in [4.78, 5) is 13.3. The summed E-state index contributed by atoms with van der Waals surface area (Å²) in [6.45, 7) is 0.0144. The molecule has 0 aliphatic heterocycles. The number of likely N-dealkylation sites (N-methyl/N-ethyl adjacent to an activating group) is 1. The molecule has 1 unspecified atom stereocenters. The highest BCUT2D eigenvalue weighted by atomic mass is 35.5. The van der Waals surface area contributed by atoms with Crippen LogP contribution in [0.2, 0.25) is 0 Å². The van der Waals surface area contributed by atoms with Crippen molar-refractivity contribution >= 4 is 28.2 Å². The number of hydrogen-bond acceptors (Lipinski definition) is 5. The fourth-order valence-electron chi connectivity index (χ4n) is 1.94. The van der Waals surface area contributed by atoms with Crippen LogP contribution in [0.1, 0.15) is 12.0 Å². The van der Waals surface area contributed by atoms with Gasteiger partial charge in [0.15, 0.2) is 0 Å². The third kappa shape index (κ3) is 9.51.